The van der Waals surface area contributed by atoms with E-state index in [1.54, 1.807) is 17.5 Å². The lowest BCUT2D eigenvalue weighted by molar-refractivity contribution is 0.402. The van der Waals surface area contributed by atoms with Crippen LogP contribution < -0.4 is 9.46 Å². The van der Waals surface area contributed by atoms with Crippen molar-refractivity contribution in [1.29, 1.82) is 0 Å². The largest absolute Gasteiger partial charge is 0.495 e. The Bertz CT molecular complexity index is 736. The van der Waals surface area contributed by atoms with E-state index in [4.69, 9.17) is 4.74 Å². The Morgan fingerprint density at radius 3 is 2.40 bits per heavy atom. The van der Waals surface area contributed by atoms with Gasteiger partial charge in [-0.05, 0) is 44.0 Å². The highest BCUT2D eigenvalue weighted by atomic mass is 32.2. The fraction of sp³-hybridized carbons (Fsp3) is 0.308. The lowest BCUT2D eigenvalue weighted by atomic mass is 10.1. The summed E-state index contributed by atoms with van der Waals surface area (Å²) >= 11 is 1.25. The van der Waals surface area contributed by atoms with E-state index < -0.39 is 10.0 Å². The Labute approximate surface area is 122 Å². The number of thiazole rings is 1. The number of anilines is 1. The topological polar surface area (TPSA) is 68.3 Å². The number of hydrogen-bond acceptors (Lipinski definition) is 5. The van der Waals surface area contributed by atoms with Crippen molar-refractivity contribution in [2.45, 2.75) is 25.7 Å². The molecular formula is C13H16N2O3S2. The average molecular weight is 312 g/mol. The van der Waals surface area contributed by atoms with Crippen molar-refractivity contribution in [3.05, 3.63) is 34.3 Å². The molecule has 0 aliphatic rings. The standard InChI is InChI=1S/C13H16N2O3S2/c1-8-5-11(18-4)12(6-9(8)2)20(16,17)15-13-14-10(3)7-19-13/h5-7H,1-4H3,(H,14,15). The zero-order chi connectivity index (χ0) is 14.9. The fourth-order valence-corrected chi connectivity index (χ4v) is 3.88. The van der Waals surface area contributed by atoms with Crippen molar-refractivity contribution < 1.29 is 13.2 Å². The van der Waals surface area contributed by atoms with E-state index in [1.807, 2.05) is 20.8 Å². The maximum atomic E-state index is 12.4. The predicted octanol–water partition coefficient (Wildman–Crippen LogP) is 2.88. The molecule has 0 saturated heterocycles. The van der Waals surface area contributed by atoms with E-state index in [-0.39, 0.29) is 4.90 Å². The summed E-state index contributed by atoms with van der Waals surface area (Å²) in [6.07, 6.45) is 0. The average Bonchev–Trinajstić information content (AvgIpc) is 2.76. The summed E-state index contributed by atoms with van der Waals surface area (Å²) in [7, 11) is -2.25. The number of rotatable bonds is 4. The zero-order valence-corrected chi connectivity index (χ0v) is 13.4. The Balaban J connectivity index is 2.46. The molecule has 1 aromatic heterocycles. The number of nitrogens with one attached hydrogen (secondary N) is 1. The van der Waals surface area contributed by atoms with Gasteiger partial charge in [-0.25, -0.2) is 13.4 Å². The van der Waals surface area contributed by atoms with Gasteiger partial charge in [0.05, 0.1) is 12.8 Å². The van der Waals surface area contributed by atoms with Crippen LogP contribution in [0.2, 0.25) is 0 Å². The minimum atomic E-state index is -3.71. The summed E-state index contributed by atoms with van der Waals surface area (Å²) in [5, 5.41) is 2.14. The lowest BCUT2D eigenvalue weighted by Crippen LogP contribution is -2.14. The second-order valence-electron chi connectivity index (χ2n) is 4.49. The van der Waals surface area contributed by atoms with E-state index in [2.05, 4.69) is 9.71 Å². The number of sulfonamides is 1. The van der Waals surface area contributed by atoms with E-state index in [0.29, 0.717) is 10.9 Å². The number of aryl methyl sites for hydroxylation is 3. The van der Waals surface area contributed by atoms with Crippen LogP contribution in [0.3, 0.4) is 0 Å². The highest BCUT2D eigenvalue weighted by molar-refractivity contribution is 7.93. The molecule has 0 aliphatic carbocycles. The lowest BCUT2D eigenvalue weighted by Gasteiger charge is -2.12. The minimum Gasteiger partial charge on any atom is -0.495 e. The number of benzene rings is 1. The first-order valence-corrected chi connectivity index (χ1v) is 8.30. The van der Waals surface area contributed by atoms with Gasteiger partial charge in [-0.3, -0.25) is 4.72 Å². The Morgan fingerprint density at radius 2 is 1.85 bits per heavy atom. The van der Waals surface area contributed by atoms with Crippen LogP contribution in [0.5, 0.6) is 5.75 Å². The molecule has 20 heavy (non-hydrogen) atoms. The summed E-state index contributed by atoms with van der Waals surface area (Å²) in [5.41, 5.74) is 2.65. The molecule has 0 aliphatic heterocycles. The van der Waals surface area contributed by atoms with Crippen LogP contribution in [0.25, 0.3) is 0 Å². The highest BCUT2D eigenvalue weighted by Crippen LogP contribution is 2.29. The van der Waals surface area contributed by atoms with E-state index >= 15 is 0 Å². The molecule has 5 nitrogen and oxygen atoms in total. The summed E-state index contributed by atoms with van der Waals surface area (Å²) < 4.78 is 32.5. The van der Waals surface area contributed by atoms with Crippen LogP contribution in [-0.4, -0.2) is 20.5 Å². The molecule has 7 heteroatoms. The molecule has 0 radical (unpaired) electrons. The minimum absolute atomic E-state index is 0.121. The molecule has 0 amide bonds. The van der Waals surface area contributed by atoms with Crippen LogP contribution in [0.1, 0.15) is 16.8 Å². The molecule has 1 aromatic carbocycles. The van der Waals surface area contributed by atoms with E-state index in [1.165, 1.54) is 18.4 Å². The third kappa shape index (κ3) is 2.94. The van der Waals surface area contributed by atoms with Gasteiger partial charge in [-0.2, -0.15) is 0 Å². The third-order valence-electron chi connectivity index (χ3n) is 2.91. The maximum Gasteiger partial charge on any atom is 0.267 e. The molecule has 2 rings (SSSR count). The quantitative estimate of drug-likeness (QED) is 0.942. The first-order chi connectivity index (χ1) is 9.33. The molecular weight excluding hydrogens is 296 g/mol. The maximum absolute atomic E-state index is 12.4. The second kappa shape index (κ2) is 5.41. The van der Waals surface area contributed by atoms with Gasteiger partial charge < -0.3 is 4.74 Å². The van der Waals surface area contributed by atoms with Gasteiger partial charge in [0.1, 0.15) is 10.6 Å². The van der Waals surface area contributed by atoms with Crippen molar-refractivity contribution in [2.24, 2.45) is 0 Å². The molecule has 0 spiro atoms. The highest BCUT2D eigenvalue weighted by Gasteiger charge is 2.21. The number of hydrogen-bond donors (Lipinski definition) is 1. The van der Waals surface area contributed by atoms with Gasteiger partial charge >= 0.3 is 0 Å². The van der Waals surface area contributed by atoms with Crippen LogP contribution in [0.4, 0.5) is 5.13 Å². The van der Waals surface area contributed by atoms with Gasteiger partial charge in [-0.1, -0.05) is 0 Å². The molecule has 108 valence electrons. The Morgan fingerprint density at radius 1 is 1.20 bits per heavy atom. The van der Waals surface area contributed by atoms with Gasteiger partial charge in [0.15, 0.2) is 5.13 Å². The van der Waals surface area contributed by atoms with Gasteiger partial charge in [0, 0.05) is 5.38 Å². The summed E-state index contributed by atoms with van der Waals surface area (Å²) in [6, 6.07) is 3.33. The number of nitrogens with zero attached hydrogens (tertiary/aromatic N) is 1. The molecule has 0 saturated carbocycles. The molecule has 0 fully saturated rings. The predicted molar refractivity (Wildman–Crippen MR) is 80.1 cm³/mol. The SMILES string of the molecule is COc1cc(C)c(C)cc1S(=O)(=O)Nc1nc(C)cs1. The van der Waals surface area contributed by atoms with E-state index in [0.717, 1.165) is 16.8 Å². The smallest absolute Gasteiger partial charge is 0.267 e. The summed E-state index contributed by atoms with van der Waals surface area (Å²) in [6.45, 7) is 5.58. The number of aromatic nitrogens is 1. The summed E-state index contributed by atoms with van der Waals surface area (Å²) in [5.74, 6) is 0.328. The molecule has 0 unspecified atom stereocenters. The molecule has 1 N–H and O–H groups in total. The third-order valence-corrected chi connectivity index (χ3v) is 5.28. The number of ether oxygens (including phenoxy) is 1. The second-order valence-corrected chi connectivity index (χ2v) is 7.00. The fourth-order valence-electron chi connectivity index (χ4n) is 1.70. The molecule has 0 atom stereocenters. The first-order valence-electron chi connectivity index (χ1n) is 5.93. The molecule has 2 aromatic rings. The van der Waals surface area contributed by atoms with Crippen LogP contribution >= 0.6 is 11.3 Å². The van der Waals surface area contributed by atoms with Gasteiger partial charge in [-0.15, -0.1) is 11.3 Å². The number of methoxy groups -OCH3 is 1. The Kier molecular flexibility index (Phi) is 4.01. The van der Waals surface area contributed by atoms with Crippen molar-refractivity contribution >= 4 is 26.5 Å². The van der Waals surface area contributed by atoms with E-state index in [9.17, 15) is 8.42 Å². The Hall–Kier alpha value is -1.60. The molecule has 0 bridgehead atoms. The van der Waals surface area contributed by atoms with Crippen molar-refractivity contribution in [3.63, 3.8) is 0 Å². The summed E-state index contributed by atoms with van der Waals surface area (Å²) in [4.78, 5) is 4.23. The van der Waals surface area contributed by atoms with Crippen LogP contribution in [0, 0.1) is 20.8 Å². The van der Waals surface area contributed by atoms with Gasteiger partial charge in [0.25, 0.3) is 10.0 Å². The monoisotopic (exact) mass is 312 g/mol. The molecule has 1 heterocycles. The van der Waals surface area contributed by atoms with Crippen molar-refractivity contribution in [3.8, 4) is 5.75 Å². The van der Waals surface area contributed by atoms with Crippen LogP contribution in [-0.2, 0) is 10.0 Å². The van der Waals surface area contributed by atoms with Crippen LogP contribution in [0.15, 0.2) is 22.4 Å². The van der Waals surface area contributed by atoms with Crippen molar-refractivity contribution in [2.75, 3.05) is 11.8 Å². The first kappa shape index (κ1) is 14.8. The van der Waals surface area contributed by atoms with Crippen molar-refractivity contribution in [1.82, 2.24) is 4.98 Å². The normalized spacial score (nSPS) is 11.4. The van der Waals surface area contributed by atoms with Gasteiger partial charge in [0.2, 0.25) is 0 Å². The zero-order valence-electron chi connectivity index (χ0n) is 11.7.